The van der Waals surface area contributed by atoms with E-state index >= 15 is 0 Å². The summed E-state index contributed by atoms with van der Waals surface area (Å²) in [4.78, 5) is 71.4. The third-order valence-corrected chi connectivity index (χ3v) is 12.1. The van der Waals surface area contributed by atoms with Crippen LogP contribution >= 0.6 is 11.6 Å². The Morgan fingerprint density at radius 3 is 2.34 bits per heavy atom. The van der Waals surface area contributed by atoms with E-state index in [2.05, 4.69) is 49.3 Å². The predicted molar refractivity (Wildman–Crippen MR) is 205 cm³/mol. The number of hydrogen-bond donors (Lipinski definition) is 2. The van der Waals surface area contributed by atoms with Crippen molar-refractivity contribution in [3.8, 4) is 17.6 Å². The number of benzene rings is 2. The third-order valence-electron chi connectivity index (χ3n) is 11.8. The second kappa shape index (κ2) is 15.3. The fraction of sp³-hybridized carbons (Fsp3) is 0.452. The molecular formula is C42H45ClN6O7. The summed E-state index contributed by atoms with van der Waals surface area (Å²) in [6.45, 7) is 11.4. The smallest absolute Gasteiger partial charge is 0.262 e. The summed E-state index contributed by atoms with van der Waals surface area (Å²) in [6.07, 6.45) is 4.29. The number of rotatable bonds is 11. The van der Waals surface area contributed by atoms with Crippen molar-refractivity contribution in [1.82, 2.24) is 25.4 Å². The lowest BCUT2D eigenvalue weighted by Gasteiger charge is -2.63. The molecule has 4 aliphatic rings. The Kier molecular flexibility index (Phi) is 10.6. The summed E-state index contributed by atoms with van der Waals surface area (Å²) in [5, 5.41) is 15.0. The average Bonchev–Trinajstić information content (AvgIpc) is 3.42. The zero-order chi connectivity index (χ0) is 39.9. The van der Waals surface area contributed by atoms with Crippen LogP contribution in [0.1, 0.15) is 108 Å². The average molecular weight is 781 g/mol. The van der Waals surface area contributed by atoms with E-state index in [9.17, 15) is 29.2 Å². The van der Waals surface area contributed by atoms with Gasteiger partial charge in [0.1, 0.15) is 29.7 Å². The van der Waals surface area contributed by atoms with Crippen LogP contribution in [0.15, 0.2) is 54.7 Å². The Morgan fingerprint density at radius 1 is 0.964 bits per heavy atom. The molecule has 13 nitrogen and oxygen atoms in total. The zero-order valence-electron chi connectivity index (χ0n) is 31.9. The van der Waals surface area contributed by atoms with Gasteiger partial charge in [0.15, 0.2) is 0 Å². The van der Waals surface area contributed by atoms with Gasteiger partial charge in [0.05, 0.1) is 33.9 Å². The first-order valence-electron chi connectivity index (χ1n) is 19.0. The highest BCUT2D eigenvalue weighted by atomic mass is 35.5. The summed E-state index contributed by atoms with van der Waals surface area (Å²) in [7, 11) is 0. The van der Waals surface area contributed by atoms with Gasteiger partial charge in [-0.3, -0.25) is 39.2 Å². The van der Waals surface area contributed by atoms with Crippen LogP contribution in [-0.2, 0) is 9.59 Å². The molecule has 2 saturated heterocycles. The number of nitrogens with zero attached hydrogens (tertiary/aromatic N) is 4. The number of fused-ring (bicyclic) bond motifs is 1. The quantitative estimate of drug-likeness (QED) is 0.193. The Hall–Kier alpha value is -5.32. The number of nitrogens with one attached hydrogen (secondary N) is 2. The first-order chi connectivity index (χ1) is 26.7. The van der Waals surface area contributed by atoms with Crippen molar-refractivity contribution in [2.24, 2.45) is 10.8 Å². The summed E-state index contributed by atoms with van der Waals surface area (Å²) in [6, 6.07) is 14.5. The highest BCUT2D eigenvalue weighted by Gasteiger charge is 2.64. The Labute approximate surface area is 330 Å². The van der Waals surface area contributed by atoms with E-state index in [1.54, 1.807) is 42.6 Å². The van der Waals surface area contributed by atoms with Crippen LogP contribution in [-0.4, -0.2) is 88.7 Å². The van der Waals surface area contributed by atoms with E-state index in [-0.39, 0.29) is 52.9 Å². The standard InChI is InChI=1S/C42H45ClN6O7/c1-41(2)39(42(3,4)40(41)56-28-8-6-25(22-44)31(43)21-28)47-35(51)26-7-11-32(45-23-26)24-14-17-48(18-15-24)16-5-19-55-27-9-10-29-30(20-27)38(54)49(37(29)53)33-12-13-34(50)46-36(33)52/h6-11,20-21,23-24,33,39-40H,5,12-19H2,1-4H3,(H,47,51)(H,46,50,52). The molecule has 1 saturated carbocycles. The zero-order valence-corrected chi connectivity index (χ0v) is 32.7. The molecule has 7 rings (SSSR count). The van der Waals surface area contributed by atoms with Crippen LogP contribution in [0.4, 0.5) is 0 Å². The van der Waals surface area contributed by atoms with Gasteiger partial charge >= 0.3 is 0 Å². The number of aromatic nitrogens is 1. The molecule has 2 aromatic carbocycles. The highest BCUT2D eigenvalue weighted by Crippen LogP contribution is 2.55. The molecule has 1 atom stereocenters. The number of imide groups is 2. The SMILES string of the molecule is CC1(C)C(NC(=O)c2ccc(C3CCN(CCCOc4ccc5c(c4)C(=O)N(C4CCC(=O)NC4=O)C5=O)CC3)nc2)C(C)(C)C1Oc1ccc(C#N)c(Cl)c1. The van der Waals surface area contributed by atoms with Gasteiger partial charge < -0.3 is 19.7 Å². The molecule has 1 aliphatic carbocycles. The number of piperidine rings is 2. The number of nitriles is 1. The monoisotopic (exact) mass is 780 g/mol. The third kappa shape index (κ3) is 7.35. The lowest BCUT2D eigenvalue weighted by Crippen LogP contribution is -2.74. The second-order valence-corrected chi connectivity index (χ2v) is 16.7. The lowest BCUT2D eigenvalue weighted by molar-refractivity contribution is -0.164. The van der Waals surface area contributed by atoms with Crippen molar-refractivity contribution < 1.29 is 33.4 Å². The molecule has 0 bridgehead atoms. The van der Waals surface area contributed by atoms with E-state index in [0.717, 1.165) is 49.5 Å². The van der Waals surface area contributed by atoms with Crippen LogP contribution in [0.2, 0.25) is 5.02 Å². The number of amides is 5. The lowest BCUT2D eigenvalue weighted by atomic mass is 9.49. The van der Waals surface area contributed by atoms with E-state index in [4.69, 9.17) is 26.1 Å². The first-order valence-corrected chi connectivity index (χ1v) is 19.4. The van der Waals surface area contributed by atoms with E-state index in [1.165, 1.54) is 0 Å². The number of halogens is 1. The number of carbonyl (C=O) groups is 5. The molecule has 0 spiro atoms. The molecular weight excluding hydrogens is 736 g/mol. The van der Waals surface area contributed by atoms with Crippen molar-refractivity contribution in [3.05, 3.63) is 87.7 Å². The molecule has 1 aromatic heterocycles. The summed E-state index contributed by atoms with van der Waals surface area (Å²) in [5.41, 5.74) is 1.54. The maximum atomic E-state index is 13.4. The molecule has 1 unspecified atom stereocenters. The van der Waals surface area contributed by atoms with Gasteiger partial charge in [-0.2, -0.15) is 5.26 Å². The molecule has 5 amide bonds. The van der Waals surface area contributed by atoms with Crippen LogP contribution in [0.25, 0.3) is 0 Å². The van der Waals surface area contributed by atoms with Gasteiger partial charge in [0.2, 0.25) is 11.8 Å². The first kappa shape index (κ1) is 38.9. The minimum Gasteiger partial charge on any atom is -0.494 e. The van der Waals surface area contributed by atoms with Gasteiger partial charge in [-0.15, -0.1) is 0 Å². The number of ether oxygens (including phenoxy) is 2. The van der Waals surface area contributed by atoms with Crippen LogP contribution < -0.4 is 20.1 Å². The number of likely N-dealkylation sites (tertiary alicyclic amines) is 1. The van der Waals surface area contributed by atoms with E-state index < -0.39 is 29.7 Å². The molecule has 3 aliphatic heterocycles. The van der Waals surface area contributed by atoms with Gasteiger partial charge in [0.25, 0.3) is 17.7 Å². The van der Waals surface area contributed by atoms with Crippen molar-refractivity contribution >= 4 is 41.1 Å². The fourth-order valence-corrected chi connectivity index (χ4v) is 9.27. The predicted octanol–water partition coefficient (Wildman–Crippen LogP) is 5.27. The molecule has 3 fully saturated rings. The maximum absolute atomic E-state index is 13.4. The van der Waals surface area contributed by atoms with Crippen molar-refractivity contribution in [3.63, 3.8) is 0 Å². The van der Waals surface area contributed by atoms with Gasteiger partial charge in [0, 0.05) is 53.7 Å². The number of hydrogen-bond acceptors (Lipinski definition) is 10. The maximum Gasteiger partial charge on any atom is 0.262 e. The molecule has 2 N–H and O–H groups in total. The van der Waals surface area contributed by atoms with Crippen LogP contribution in [0.3, 0.4) is 0 Å². The summed E-state index contributed by atoms with van der Waals surface area (Å²) < 4.78 is 12.3. The topological polar surface area (TPSA) is 171 Å². The fourth-order valence-electron chi connectivity index (χ4n) is 9.06. The van der Waals surface area contributed by atoms with Gasteiger partial charge in [-0.1, -0.05) is 39.3 Å². The molecule has 292 valence electrons. The molecule has 3 aromatic rings. The van der Waals surface area contributed by atoms with Crippen molar-refractivity contribution in [2.45, 2.75) is 83.9 Å². The molecule has 0 radical (unpaired) electrons. The molecule has 4 heterocycles. The van der Waals surface area contributed by atoms with E-state index in [1.807, 2.05) is 12.1 Å². The molecule has 14 heteroatoms. The number of carbonyl (C=O) groups excluding carboxylic acids is 5. The number of pyridine rings is 1. The normalized spacial score (nSPS) is 23.1. The summed E-state index contributed by atoms with van der Waals surface area (Å²) >= 11 is 6.23. The van der Waals surface area contributed by atoms with Crippen molar-refractivity contribution in [1.29, 1.82) is 5.26 Å². The minimum absolute atomic E-state index is 0.0677. The van der Waals surface area contributed by atoms with E-state index in [0.29, 0.717) is 40.2 Å². The van der Waals surface area contributed by atoms with Gasteiger partial charge in [-0.25, -0.2) is 0 Å². The Bertz CT molecular complexity index is 2110. The molecule has 56 heavy (non-hydrogen) atoms. The van der Waals surface area contributed by atoms with Crippen LogP contribution in [0.5, 0.6) is 11.5 Å². The summed E-state index contributed by atoms with van der Waals surface area (Å²) in [5.74, 6) is -0.985. The largest absolute Gasteiger partial charge is 0.494 e. The minimum atomic E-state index is -1.01. The Morgan fingerprint density at radius 2 is 1.68 bits per heavy atom. The second-order valence-electron chi connectivity index (χ2n) is 16.2. The van der Waals surface area contributed by atoms with Gasteiger partial charge in [-0.05, 0) is 81.2 Å². The van der Waals surface area contributed by atoms with Crippen molar-refractivity contribution in [2.75, 3.05) is 26.2 Å². The Balaban J connectivity index is 0.847. The van der Waals surface area contributed by atoms with Crippen LogP contribution in [0, 0.1) is 22.2 Å². The highest BCUT2D eigenvalue weighted by molar-refractivity contribution is 6.31.